The molecule has 0 saturated carbocycles. The summed E-state index contributed by atoms with van der Waals surface area (Å²) in [5.74, 6) is 2.33. The molecule has 0 spiro atoms. The van der Waals surface area contributed by atoms with E-state index in [1.807, 2.05) is 18.2 Å². The molecule has 5 nitrogen and oxygen atoms in total. The van der Waals surface area contributed by atoms with E-state index in [2.05, 4.69) is 17.4 Å². The molecule has 0 radical (unpaired) electrons. The number of nitrogens with one attached hydrogen (secondary N) is 1. The average Bonchev–Trinajstić information content (AvgIpc) is 2.72. The molecule has 2 aliphatic rings. The topological polar surface area (TPSA) is 49.0 Å². The second-order valence-electron chi connectivity index (χ2n) is 6.91. The van der Waals surface area contributed by atoms with E-state index in [1.165, 1.54) is 0 Å². The zero-order valence-electron chi connectivity index (χ0n) is 15.8. The van der Waals surface area contributed by atoms with Gasteiger partial charge in [0.2, 0.25) is 0 Å². The molecule has 3 atom stereocenters. The maximum absolute atomic E-state index is 6.47. The highest BCUT2D eigenvalue weighted by atomic mass is 35.5. The molecule has 144 valence electrons. The van der Waals surface area contributed by atoms with Crippen LogP contribution >= 0.6 is 11.6 Å². The number of fused-ring (bicyclic) bond motifs is 3. The first kappa shape index (κ1) is 18.3. The molecular formula is C21H24ClNO4. The summed E-state index contributed by atoms with van der Waals surface area (Å²) in [6.07, 6.45) is 2.15. The van der Waals surface area contributed by atoms with Gasteiger partial charge >= 0.3 is 0 Å². The van der Waals surface area contributed by atoms with Crippen molar-refractivity contribution >= 4 is 17.3 Å². The van der Waals surface area contributed by atoms with E-state index in [0.29, 0.717) is 22.4 Å². The molecule has 27 heavy (non-hydrogen) atoms. The van der Waals surface area contributed by atoms with Gasteiger partial charge in [0.05, 0.1) is 38.5 Å². The van der Waals surface area contributed by atoms with Crippen LogP contribution in [0.5, 0.6) is 17.2 Å². The van der Waals surface area contributed by atoms with Crippen LogP contribution in [-0.2, 0) is 4.74 Å². The van der Waals surface area contributed by atoms with Crippen molar-refractivity contribution in [1.82, 2.24) is 0 Å². The van der Waals surface area contributed by atoms with Gasteiger partial charge in [0.25, 0.3) is 0 Å². The lowest BCUT2D eigenvalue weighted by molar-refractivity contribution is -0.0382. The Morgan fingerprint density at radius 3 is 2.67 bits per heavy atom. The van der Waals surface area contributed by atoms with Gasteiger partial charge in [0, 0.05) is 23.8 Å². The number of halogens is 1. The summed E-state index contributed by atoms with van der Waals surface area (Å²) in [7, 11) is 4.91. The summed E-state index contributed by atoms with van der Waals surface area (Å²) in [5.41, 5.74) is 3.29. The van der Waals surface area contributed by atoms with Crippen LogP contribution in [0.4, 0.5) is 5.69 Å². The molecule has 4 rings (SSSR count). The first-order valence-electron chi connectivity index (χ1n) is 9.13. The van der Waals surface area contributed by atoms with E-state index >= 15 is 0 Å². The van der Waals surface area contributed by atoms with Crippen molar-refractivity contribution in [3.05, 3.63) is 46.5 Å². The fourth-order valence-corrected chi connectivity index (χ4v) is 4.52. The van der Waals surface area contributed by atoms with Crippen LogP contribution in [-0.4, -0.2) is 27.9 Å². The Bertz CT molecular complexity index is 841. The second-order valence-corrected chi connectivity index (χ2v) is 7.32. The zero-order valence-corrected chi connectivity index (χ0v) is 16.5. The van der Waals surface area contributed by atoms with Crippen LogP contribution in [0.2, 0.25) is 5.02 Å². The molecule has 0 unspecified atom stereocenters. The fraction of sp³-hybridized carbons (Fsp3) is 0.429. The number of anilines is 1. The minimum absolute atomic E-state index is 0.0296. The van der Waals surface area contributed by atoms with Gasteiger partial charge in [-0.2, -0.15) is 0 Å². The van der Waals surface area contributed by atoms with E-state index in [0.717, 1.165) is 42.0 Å². The summed E-state index contributed by atoms with van der Waals surface area (Å²) in [6.45, 7) is 0.775. The van der Waals surface area contributed by atoms with Crippen molar-refractivity contribution in [2.75, 3.05) is 33.3 Å². The smallest absolute Gasteiger partial charge is 0.179 e. The lowest BCUT2D eigenvalue weighted by atomic mass is 9.77. The monoisotopic (exact) mass is 389 g/mol. The van der Waals surface area contributed by atoms with Crippen molar-refractivity contribution in [2.24, 2.45) is 5.92 Å². The van der Waals surface area contributed by atoms with Gasteiger partial charge in [0.1, 0.15) is 5.75 Å². The number of methoxy groups -OCH3 is 3. The molecule has 0 aliphatic carbocycles. The predicted octanol–water partition coefficient (Wildman–Crippen LogP) is 5.00. The Labute approximate surface area is 164 Å². The Kier molecular flexibility index (Phi) is 5.06. The molecule has 1 fully saturated rings. The van der Waals surface area contributed by atoms with E-state index in [4.69, 9.17) is 30.5 Å². The highest BCUT2D eigenvalue weighted by molar-refractivity contribution is 6.32. The Hall–Kier alpha value is -2.11. The second kappa shape index (κ2) is 7.49. The summed E-state index contributed by atoms with van der Waals surface area (Å²) in [4.78, 5) is 0. The third-order valence-corrected chi connectivity index (χ3v) is 5.77. The molecule has 2 aliphatic heterocycles. The largest absolute Gasteiger partial charge is 0.497 e. The van der Waals surface area contributed by atoms with Gasteiger partial charge in [-0.15, -0.1) is 0 Å². The van der Waals surface area contributed by atoms with Gasteiger partial charge in [-0.1, -0.05) is 11.6 Å². The van der Waals surface area contributed by atoms with Crippen LogP contribution in [0.15, 0.2) is 30.3 Å². The molecule has 2 aromatic rings. The first-order chi connectivity index (χ1) is 13.2. The van der Waals surface area contributed by atoms with Crippen LogP contribution in [0.3, 0.4) is 0 Å². The average molecular weight is 390 g/mol. The minimum atomic E-state index is 0.0296. The number of ether oxygens (including phenoxy) is 4. The Morgan fingerprint density at radius 2 is 1.93 bits per heavy atom. The third kappa shape index (κ3) is 3.19. The van der Waals surface area contributed by atoms with E-state index in [9.17, 15) is 0 Å². The van der Waals surface area contributed by atoms with Gasteiger partial charge < -0.3 is 24.3 Å². The molecular weight excluding hydrogens is 366 g/mol. The number of benzene rings is 2. The normalized spacial score (nSPS) is 23.6. The minimum Gasteiger partial charge on any atom is -0.497 e. The van der Waals surface area contributed by atoms with Gasteiger partial charge in [0.15, 0.2) is 11.5 Å². The summed E-state index contributed by atoms with van der Waals surface area (Å²) in [5, 5.41) is 4.23. The van der Waals surface area contributed by atoms with Crippen molar-refractivity contribution in [1.29, 1.82) is 0 Å². The zero-order chi connectivity index (χ0) is 19.0. The van der Waals surface area contributed by atoms with Gasteiger partial charge in [-0.05, 0) is 48.7 Å². The quantitative estimate of drug-likeness (QED) is 0.797. The van der Waals surface area contributed by atoms with E-state index in [1.54, 1.807) is 21.3 Å². The highest BCUT2D eigenvalue weighted by Crippen LogP contribution is 2.51. The number of hydrogen-bond acceptors (Lipinski definition) is 5. The number of hydrogen-bond donors (Lipinski definition) is 1. The standard InChI is InChI=1S/C21H24ClNO4/c1-24-13-6-7-17-15(11-13)20-14(5-4-8-27-20)19(23-17)12-9-16(22)21(26-3)18(10-12)25-2/h6-7,9-11,14,19-20,23H,4-5,8H2,1-3H3/t14-,19-,20-/m0/s1. The third-order valence-electron chi connectivity index (χ3n) is 5.49. The van der Waals surface area contributed by atoms with Crippen molar-refractivity contribution < 1.29 is 18.9 Å². The molecule has 2 heterocycles. The molecule has 0 bridgehead atoms. The molecule has 0 amide bonds. The van der Waals surface area contributed by atoms with Crippen molar-refractivity contribution in [3.8, 4) is 17.2 Å². The lowest BCUT2D eigenvalue weighted by Gasteiger charge is -2.43. The Balaban J connectivity index is 1.78. The molecule has 1 N–H and O–H groups in total. The van der Waals surface area contributed by atoms with Crippen LogP contribution < -0.4 is 19.5 Å². The lowest BCUT2D eigenvalue weighted by Crippen LogP contribution is -2.36. The molecule has 6 heteroatoms. The summed E-state index contributed by atoms with van der Waals surface area (Å²) >= 11 is 6.47. The Morgan fingerprint density at radius 1 is 1.07 bits per heavy atom. The van der Waals surface area contributed by atoms with Crippen LogP contribution in [0.25, 0.3) is 0 Å². The van der Waals surface area contributed by atoms with E-state index in [-0.39, 0.29) is 12.1 Å². The molecule has 2 aromatic carbocycles. The first-order valence-corrected chi connectivity index (χ1v) is 9.51. The SMILES string of the molecule is COc1ccc2c(c1)[C@H]1OCCC[C@H]1[C@H](c1cc(Cl)c(OC)c(OC)c1)N2. The van der Waals surface area contributed by atoms with Gasteiger partial charge in [-0.3, -0.25) is 0 Å². The molecule has 1 saturated heterocycles. The predicted molar refractivity (Wildman–Crippen MR) is 105 cm³/mol. The van der Waals surface area contributed by atoms with E-state index < -0.39 is 0 Å². The van der Waals surface area contributed by atoms with Crippen molar-refractivity contribution in [2.45, 2.75) is 25.0 Å². The van der Waals surface area contributed by atoms with Crippen molar-refractivity contribution in [3.63, 3.8) is 0 Å². The summed E-state index contributed by atoms with van der Waals surface area (Å²) < 4.78 is 22.5. The maximum atomic E-state index is 6.47. The highest BCUT2D eigenvalue weighted by Gasteiger charge is 2.40. The number of rotatable bonds is 4. The van der Waals surface area contributed by atoms with Gasteiger partial charge in [-0.25, -0.2) is 0 Å². The summed E-state index contributed by atoms with van der Waals surface area (Å²) in [6, 6.07) is 10.1. The van der Waals surface area contributed by atoms with Crippen LogP contribution in [0, 0.1) is 5.92 Å². The molecule has 0 aromatic heterocycles. The maximum Gasteiger partial charge on any atom is 0.179 e. The fourth-order valence-electron chi connectivity index (χ4n) is 4.22. The van der Waals surface area contributed by atoms with Crippen LogP contribution in [0.1, 0.15) is 36.1 Å².